The van der Waals surface area contributed by atoms with Crippen molar-refractivity contribution in [2.45, 2.75) is 64.7 Å². The predicted molar refractivity (Wildman–Crippen MR) is 84.8 cm³/mol. The third kappa shape index (κ3) is 2.03. The Hall–Kier alpha value is -1.31. The summed E-state index contributed by atoms with van der Waals surface area (Å²) in [6.07, 6.45) is 3.53. The fourth-order valence-corrected chi connectivity index (χ4v) is 4.68. The lowest BCUT2D eigenvalue weighted by Gasteiger charge is -2.49. The van der Waals surface area contributed by atoms with E-state index in [0.29, 0.717) is 29.8 Å². The van der Waals surface area contributed by atoms with Gasteiger partial charge in [-0.15, -0.1) is 0 Å². The molecule has 1 fully saturated rings. The van der Waals surface area contributed by atoms with Crippen LogP contribution >= 0.6 is 0 Å². The highest BCUT2D eigenvalue weighted by Crippen LogP contribution is 2.53. The van der Waals surface area contributed by atoms with Crippen molar-refractivity contribution < 1.29 is 9.90 Å². The smallest absolute Gasteiger partial charge is 0.136 e. The first kappa shape index (κ1) is 14.6. The minimum absolute atomic E-state index is 0.0495. The fourth-order valence-electron chi connectivity index (χ4n) is 4.68. The van der Waals surface area contributed by atoms with Crippen LogP contribution in [0.3, 0.4) is 0 Å². The van der Waals surface area contributed by atoms with Crippen molar-refractivity contribution >= 4 is 5.78 Å². The van der Waals surface area contributed by atoms with Crippen LogP contribution in [0.2, 0.25) is 0 Å². The molecule has 1 saturated carbocycles. The highest BCUT2D eigenvalue weighted by Gasteiger charge is 2.48. The van der Waals surface area contributed by atoms with Gasteiger partial charge in [-0.05, 0) is 53.2 Å². The van der Waals surface area contributed by atoms with Gasteiger partial charge in [-0.3, -0.25) is 4.79 Å². The van der Waals surface area contributed by atoms with Crippen LogP contribution < -0.4 is 0 Å². The van der Waals surface area contributed by atoms with Crippen LogP contribution in [0.4, 0.5) is 0 Å². The number of carbonyl (C=O) groups excluding carboxylic acids is 1. The molecule has 2 aliphatic rings. The minimum atomic E-state index is 0.0495. The number of ketones is 1. The summed E-state index contributed by atoms with van der Waals surface area (Å²) in [4.78, 5) is 12.1. The van der Waals surface area contributed by atoms with E-state index in [1.54, 1.807) is 0 Å². The summed E-state index contributed by atoms with van der Waals surface area (Å²) in [5, 5.41) is 10.7. The zero-order valence-electron chi connectivity index (χ0n) is 13.6. The average Bonchev–Trinajstić information content (AvgIpc) is 2.44. The Morgan fingerprint density at radius 3 is 2.67 bits per heavy atom. The number of fused-ring (bicyclic) bond motifs is 3. The molecule has 0 aliphatic heterocycles. The first-order valence-electron chi connectivity index (χ1n) is 8.24. The topological polar surface area (TPSA) is 37.3 Å². The molecule has 2 heteroatoms. The number of carbonyl (C=O) groups is 1. The van der Waals surface area contributed by atoms with Crippen LogP contribution in [0.5, 0.6) is 5.75 Å². The van der Waals surface area contributed by atoms with E-state index in [-0.39, 0.29) is 11.3 Å². The normalized spacial score (nSPS) is 32.0. The summed E-state index contributed by atoms with van der Waals surface area (Å²) in [6, 6.07) is 4.31. The lowest BCUT2D eigenvalue weighted by atomic mass is 9.54. The molecule has 0 unspecified atom stereocenters. The molecule has 0 spiro atoms. The lowest BCUT2D eigenvalue weighted by molar-refractivity contribution is -0.128. The molecule has 2 aliphatic carbocycles. The van der Waals surface area contributed by atoms with Gasteiger partial charge in [-0.1, -0.05) is 39.8 Å². The first-order chi connectivity index (χ1) is 9.86. The van der Waals surface area contributed by atoms with E-state index in [2.05, 4.69) is 39.8 Å². The third-order valence-electron chi connectivity index (χ3n) is 6.08. The molecule has 1 N–H and O–H groups in total. The van der Waals surface area contributed by atoms with Gasteiger partial charge in [0.2, 0.25) is 0 Å². The number of phenols is 1. The highest BCUT2D eigenvalue weighted by molar-refractivity contribution is 5.82. The van der Waals surface area contributed by atoms with E-state index in [4.69, 9.17) is 0 Å². The summed E-state index contributed by atoms with van der Waals surface area (Å²) in [5.41, 5.74) is 3.53. The van der Waals surface area contributed by atoms with Gasteiger partial charge in [0.1, 0.15) is 11.5 Å². The van der Waals surface area contributed by atoms with Gasteiger partial charge in [0.15, 0.2) is 0 Å². The van der Waals surface area contributed by atoms with Crippen molar-refractivity contribution in [1.82, 2.24) is 0 Å². The number of rotatable bonds is 1. The molecule has 1 aromatic rings. The summed E-state index contributed by atoms with van der Waals surface area (Å²) < 4.78 is 0. The standard InChI is InChI=1S/C19H26O2/c1-11(2)13-5-8-16-14(18(13)21)6-7-15-12(3)17(20)9-10-19(15,16)4/h5,8,11-12,15,21H,6-7,9-10H2,1-4H3/t12-,15-,19-/m0/s1. The first-order valence-corrected chi connectivity index (χ1v) is 8.24. The SMILES string of the molecule is CC(C)c1ccc2c(c1O)CC[C@H]1[C@H](C)C(=O)CC[C@]21C. The molecule has 21 heavy (non-hydrogen) atoms. The zero-order valence-corrected chi connectivity index (χ0v) is 13.6. The molecule has 0 radical (unpaired) electrons. The summed E-state index contributed by atoms with van der Waals surface area (Å²) in [7, 11) is 0. The van der Waals surface area contributed by atoms with E-state index < -0.39 is 0 Å². The molecule has 114 valence electrons. The molecular weight excluding hydrogens is 260 g/mol. The Balaban J connectivity index is 2.11. The van der Waals surface area contributed by atoms with Gasteiger partial charge in [-0.2, -0.15) is 0 Å². The summed E-state index contributed by atoms with van der Waals surface area (Å²) in [5.74, 6) is 1.85. The monoisotopic (exact) mass is 286 g/mol. The van der Waals surface area contributed by atoms with Crippen molar-refractivity contribution in [2.75, 3.05) is 0 Å². The maximum atomic E-state index is 12.1. The lowest BCUT2D eigenvalue weighted by Crippen LogP contribution is -2.46. The van der Waals surface area contributed by atoms with Crippen LogP contribution in [0.1, 0.15) is 69.6 Å². The number of aromatic hydroxyl groups is 1. The number of Topliss-reactive ketones (excluding diaryl/α,β-unsaturated/α-hetero) is 1. The van der Waals surface area contributed by atoms with Crippen LogP contribution in [0.25, 0.3) is 0 Å². The van der Waals surface area contributed by atoms with Crippen LogP contribution in [-0.2, 0) is 16.6 Å². The predicted octanol–water partition coefficient (Wildman–Crippen LogP) is 4.33. The molecule has 3 rings (SSSR count). The number of phenolic OH excluding ortho intramolecular Hbond substituents is 1. The van der Waals surface area contributed by atoms with E-state index in [0.717, 1.165) is 30.4 Å². The van der Waals surface area contributed by atoms with Gasteiger partial charge < -0.3 is 5.11 Å². The Morgan fingerprint density at radius 1 is 1.29 bits per heavy atom. The summed E-state index contributed by atoms with van der Waals surface area (Å²) >= 11 is 0. The number of benzene rings is 1. The fraction of sp³-hybridized carbons (Fsp3) is 0.632. The molecule has 1 aromatic carbocycles. The van der Waals surface area contributed by atoms with Crippen LogP contribution in [0, 0.1) is 11.8 Å². The molecular formula is C19H26O2. The van der Waals surface area contributed by atoms with Gasteiger partial charge in [0, 0.05) is 12.3 Å². The van der Waals surface area contributed by atoms with Gasteiger partial charge in [0.25, 0.3) is 0 Å². The van der Waals surface area contributed by atoms with Gasteiger partial charge in [-0.25, -0.2) is 0 Å². The Bertz CT molecular complexity index is 587. The Morgan fingerprint density at radius 2 is 2.00 bits per heavy atom. The van der Waals surface area contributed by atoms with Crippen molar-refractivity contribution in [3.05, 3.63) is 28.8 Å². The van der Waals surface area contributed by atoms with Crippen molar-refractivity contribution in [2.24, 2.45) is 11.8 Å². The second-order valence-electron chi connectivity index (χ2n) is 7.50. The van der Waals surface area contributed by atoms with E-state index >= 15 is 0 Å². The van der Waals surface area contributed by atoms with E-state index in [1.165, 1.54) is 5.56 Å². The van der Waals surface area contributed by atoms with E-state index in [9.17, 15) is 9.90 Å². The van der Waals surface area contributed by atoms with Crippen LogP contribution in [-0.4, -0.2) is 10.9 Å². The van der Waals surface area contributed by atoms with Crippen molar-refractivity contribution in [3.8, 4) is 5.75 Å². The molecule has 0 amide bonds. The Labute approximate surface area is 127 Å². The zero-order chi connectivity index (χ0) is 15.4. The molecule has 0 bridgehead atoms. The molecule has 0 aromatic heterocycles. The van der Waals surface area contributed by atoms with E-state index in [1.807, 2.05) is 0 Å². The molecule has 2 nitrogen and oxygen atoms in total. The highest BCUT2D eigenvalue weighted by atomic mass is 16.3. The number of hydrogen-bond donors (Lipinski definition) is 1. The second kappa shape index (κ2) is 4.86. The van der Waals surface area contributed by atoms with Crippen molar-refractivity contribution in [1.29, 1.82) is 0 Å². The molecule has 0 heterocycles. The van der Waals surface area contributed by atoms with Gasteiger partial charge in [0.05, 0.1) is 0 Å². The summed E-state index contributed by atoms with van der Waals surface area (Å²) in [6.45, 7) is 8.64. The van der Waals surface area contributed by atoms with Crippen LogP contribution in [0.15, 0.2) is 12.1 Å². The molecule has 3 atom stereocenters. The van der Waals surface area contributed by atoms with Crippen molar-refractivity contribution in [3.63, 3.8) is 0 Å². The maximum absolute atomic E-state index is 12.1. The molecule has 0 saturated heterocycles. The average molecular weight is 286 g/mol. The maximum Gasteiger partial charge on any atom is 0.136 e. The quantitative estimate of drug-likeness (QED) is 0.834. The Kier molecular flexibility index (Phi) is 3.38. The minimum Gasteiger partial charge on any atom is -0.507 e. The number of hydrogen-bond acceptors (Lipinski definition) is 2. The largest absolute Gasteiger partial charge is 0.507 e. The van der Waals surface area contributed by atoms with Gasteiger partial charge >= 0.3 is 0 Å². The third-order valence-corrected chi connectivity index (χ3v) is 6.08. The second-order valence-corrected chi connectivity index (χ2v) is 7.50.